The number of aromatic nitrogens is 1. The zero-order valence-corrected chi connectivity index (χ0v) is 32.7. The van der Waals surface area contributed by atoms with Crippen LogP contribution in [0.2, 0.25) is 0 Å². The molecule has 0 radical (unpaired) electrons. The summed E-state index contributed by atoms with van der Waals surface area (Å²) in [4.78, 5) is 62.6. The van der Waals surface area contributed by atoms with Gasteiger partial charge in [0.25, 0.3) is 0 Å². The van der Waals surface area contributed by atoms with E-state index in [-0.39, 0.29) is 55.4 Å². The third-order valence-corrected chi connectivity index (χ3v) is 14.3. The summed E-state index contributed by atoms with van der Waals surface area (Å²) in [5.41, 5.74) is -0.440. The van der Waals surface area contributed by atoms with Crippen LogP contribution in [0.4, 0.5) is 0 Å². The molecule has 2 saturated carbocycles. The number of pyridine rings is 1. The smallest absolute Gasteiger partial charge is 0.306 e. The van der Waals surface area contributed by atoms with Crippen LogP contribution < -0.4 is 14.2 Å². The van der Waals surface area contributed by atoms with Crippen LogP contribution in [-0.2, 0) is 40.4 Å². The van der Waals surface area contributed by atoms with Gasteiger partial charge in [0.05, 0.1) is 43.4 Å². The molecule has 1 N–H and O–H groups in total. The number of nitrogens with zero attached hydrogens (tertiary/aromatic N) is 2. The number of sulfonamides is 1. The van der Waals surface area contributed by atoms with E-state index >= 15 is 0 Å². The first-order valence-electron chi connectivity index (χ1n) is 20.0. The molecular formula is C41H55N3O9S. The molecule has 0 unspecified atom stereocenters. The number of aryl methyl sites for hydroxylation is 1. The topological polar surface area (TPSA) is 158 Å². The van der Waals surface area contributed by atoms with E-state index in [1.54, 1.807) is 18.2 Å². The first kappa shape index (κ1) is 38.5. The van der Waals surface area contributed by atoms with Crippen molar-refractivity contribution in [3.8, 4) is 11.6 Å². The number of hydrogen-bond donors (Lipinski definition) is 1. The number of amides is 2. The molecule has 1 aromatic heterocycles. The second kappa shape index (κ2) is 15.4. The fourth-order valence-corrected chi connectivity index (χ4v) is 10.4. The number of hydrogen-bond acceptors (Lipinski definition) is 10. The molecule has 5 atom stereocenters. The predicted octanol–water partition coefficient (Wildman–Crippen LogP) is 5.82. The molecule has 3 aliphatic heterocycles. The van der Waals surface area contributed by atoms with Crippen molar-refractivity contribution < 1.29 is 41.8 Å². The van der Waals surface area contributed by atoms with Crippen LogP contribution in [-0.4, -0.2) is 79.5 Å². The Morgan fingerprint density at radius 3 is 2.54 bits per heavy atom. The Bertz CT molecular complexity index is 1890. The van der Waals surface area contributed by atoms with Crippen LogP contribution in [0.5, 0.6) is 11.6 Å². The average molecular weight is 766 g/mol. The number of benzene rings is 1. The molecule has 2 aromatic rings. The second-order valence-electron chi connectivity index (χ2n) is 17.3. The van der Waals surface area contributed by atoms with Gasteiger partial charge in [-0.2, -0.15) is 0 Å². The van der Waals surface area contributed by atoms with Crippen molar-refractivity contribution in [2.45, 2.75) is 134 Å². The highest BCUT2D eigenvalue weighted by Crippen LogP contribution is 2.59. The molecule has 5 aliphatic rings. The molecule has 0 spiro atoms. The van der Waals surface area contributed by atoms with Gasteiger partial charge in [-0.1, -0.05) is 46.0 Å². The molecule has 4 fully saturated rings. The molecule has 5 bridgehead atoms. The van der Waals surface area contributed by atoms with Gasteiger partial charge < -0.3 is 19.1 Å². The number of methoxy groups -OCH3 is 1. The standard InChI is InChI=1S/C41H55N3O9S/c1-40(2)16-9-11-27-18-32-26(19-35(27)51-3)15-17-42-37(32)53-30-21-33-34(45)23-41(39(48)43-54(49,50)31-13-14-31)22-29(41)12-8-6-4-5-7-10-28(20-36(46)52-25-40)38(47)44(33)24-30/h15,17-19,28-31,33H,4-14,16,20-25H2,1-3H3,(H,43,48)/t28-,29-,30-,33+,41-/m1/s1. The lowest BCUT2D eigenvalue weighted by molar-refractivity contribution is -0.152. The number of fused-ring (bicyclic) bond motifs is 4. The van der Waals surface area contributed by atoms with Crippen molar-refractivity contribution in [3.63, 3.8) is 0 Å². The molecule has 1 aromatic carbocycles. The number of rotatable bonds is 4. The zero-order chi connectivity index (χ0) is 38.3. The summed E-state index contributed by atoms with van der Waals surface area (Å²) in [5.74, 6) is -1.27. The number of esters is 1. The van der Waals surface area contributed by atoms with E-state index in [2.05, 4.69) is 23.6 Å². The van der Waals surface area contributed by atoms with Gasteiger partial charge in [-0.3, -0.25) is 23.9 Å². The number of Topliss-reactive ketones (excluding diaryl/α,β-unsaturated/α-hetero) is 1. The fraction of sp³-hybridized carbons (Fsp3) is 0.683. The first-order valence-corrected chi connectivity index (χ1v) is 21.5. The number of nitrogens with one attached hydrogen (secondary N) is 1. The maximum atomic E-state index is 14.6. The van der Waals surface area contributed by atoms with Crippen molar-refractivity contribution in [1.29, 1.82) is 0 Å². The summed E-state index contributed by atoms with van der Waals surface area (Å²) < 4.78 is 46.3. The second-order valence-corrected chi connectivity index (χ2v) is 19.2. The van der Waals surface area contributed by atoms with Crippen molar-refractivity contribution in [1.82, 2.24) is 14.6 Å². The van der Waals surface area contributed by atoms with Crippen LogP contribution >= 0.6 is 0 Å². The molecule has 7 rings (SSSR count). The zero-order valence-electron chi connectivity index (χ0n) is 31.9. The average Bonchev–Trinajstić information content (AvgIpc) is 4.06. The predicted molar refractivity (Wildman–Crippen MR) is 201 cm³/mol. The monoisotopic (exact) mass is 765 g/mol. The number of carbonyl (C=O) groups excluding carboxylic acids is 4. The lowest BCUT2D eigenvalue weighted by atomic mass is 9.87. The summed E-state index contributed by atoms with van der Waals surface area (Å²) in [6.45, 7) is 4.47. The molecule has 13 heteroatoms. The Morgan fingerprint density at radius 1 is 1.02 bits per heavy atom. The van der Waals surface area contributed by atoms with Gasteiger partial charge >= 0.3 is 5.97 Å². The molecular weight excluding hydrogens is 711 g/mol. The quantitative estimate of drug-likeness (QED) is 0.376. The highest BCUT2D eigenvalue weighted by Gasteiger charge is 2.62. The van der Waals surface area contributed by atoms with Gasteiger partial charge in [-0.15, -0.1) is 0 Å². The summed E-state index contributed by atoms with van der Waals surface area (Å²) in [6.07, 6.45) is 10.4. The summed E-state index contributed by atoms with van der Waals surface area (Å²) >= 11 is 0. The highest BCUT2D eigenvalue weighted by molar-refractivity contribution is 7.90. The summed E-state index contributed by atoms with van der Waals surface area (Å²) in [7, 11) is -2.16. The third kappa shape index (κ3) is 8.40. The van der Waals surface area contributed by atoms with Crippen molar-refractivity contribution in [3.05, 3.63) is 30.0 Å². The molecule has 294 valence electrons. The Morgan fingerprint density at radius 2 is 1.78 bits per heavy atom. The lowest BCUT2D eigenvalue weighted by Gasteiger charge is -2.29. The maximum absolute atomic E-state index is 14.6. The minimum absolute atomic E-state index is 0.0894. The molecule has 12 nitrogen and oxygen atoms in total. The van der Waals surface area contributed by atoms with Gasteiger partial charge in [0.2, 0.25) is 27.7 Å². The van der Waals surface area contributed by atoms with Gasteiger partial charge in [0, 0.05) is 30.3 Å². The molecule has 2 amide bonds. The van der Waals surface area contributed by atoms with Crippen LogP contribution in [0.15, 0.2) is 24.4 Å². The van der Waals surface area contributed by atoms with E-state index in [1.165, 1.54) is 0 Å². The lowest BCUT2D eigenvalue weighted by Crippen LogP contribution is -2.46. The van der Waals surface area contributed by atoms with E-state index < -0.39 is 50.6 Å². The Kier molecular flexibility index (Phi) is 11.0. The van der Waals surface area contributed by atoms with Crippen molar-refractivity contribution in [2.24, 2.45) is 22.7 Å². The van der Waals surface area contributed by atoms with Gasteiger partial charge in [-0.25, -0.2) is 13.4 Å². The molecule has 2 saturated heterocycles. The van der Waals surface area contributed by atoms with Crippen LogP contribution in [0, 0.1) is 22.7 Å². The van der Waals surface area contributed by atoms with Crippen LogP contribution in [0.1, 0.15) is 116 Å². The first-order chi connectivity index (χ1) is 25.8. The van der Waals surface area contributed by atoms with Gasteiger partial charge in [-0.05, 0) is 91.8 Å². The number of ether oxygens (including phenoxy) is 3. The van der Waals surface area contributed by atoms with Gasteiger partial charge in [0.1, 0.15) is 11.9 Å². The van der Waals surface area contributed by atoms with Crippen molar-refractivity contribution in [2.75, 3.05) is 20.3 Å². The van der Waals surface area contributed by atoms with E-state index in [9.17, 15) is 27.6 Å². The summed E-state index contributed by atoms with van der Waals surface area (Å²) in [6, 6.07) is 5.00. The Hall–Kier alpha value is -3.74. The van der Waals surface area contributed by atoms with E-state index in [0.717, 1.165) is 79.9 Å². The molecule has 2 aliphatic carbocycles. The third-order valence-electron chi connectivity index (χ3n) is 12.5. The minimum atomic E-state index is -3.81. The molecule has 4 heterocycles. The van der Waals surface area contributed by atoms with E-state index in [0.29, 0.717) is 31.6 Å². The fourth-order valence-electron chi connectivity index (χ4n) is 8.97. The van der Waals surface area contributed by atoms with Crippen LogP contribution in [0.25, 0.3) is 10.8 Å². The Balaban J connectivity index is 1.24. The number of cyclic esters (lactones) is 1. The molecule has 54 heavy (non-hydrogen) atoms. The maximum Gasteiger partial charge on any atom is 0.306 e. The highest BCUT2D eigenvalue weighted by atomic mass is 32.2. The number of ketones is 1. The van der Waals surface area contributed by atoms with Crippen LogP contribution in [0.3, 0.4) is 0 Å². The normalized spacial score (nSPS) is 29.9. The number of carbonyl (C=O) groups is 4. The SMILES string of the molecule is COc1cc2ccnc3c2cc1CCCC(C)(C)COC(=O)C[C@H]1CCCCCCC[C@@H]2C[C@@]2(C(=O)NS(=O)(=O)C2CC2)CC(=O)[C@@H]2C[C@H](CN2C1=O)O3. The van der Waals surface area contributed by atoms with Crippen molar-refractivity contribution >= 4 is 44.4 Å². The van der Waals surface area contributed by atoms with E-state index in [1.807, 2.05) is 18.2 Å². The van der Waals surface area contributed by atoms with Gasteiger partial charge in [0.15, 0.2) is 5.78 Å². The minimum Gasteiger partial charge on any atom is -0.496 e. The van der Waals surface area contributed by atoms with E-state index in [4.69, 9.17) is 14.2 Å². The summed E-state index contributed by atoms with van der Waals surface area (Å²) in [5, 5.41) is 1.12. The largest absolute Gasteiger partial charge is 0.496 e. The Labute approximate surface area is 318 Å².